The first kappa shape index (κ1) is 20.4. The lowest BCUT2D eigenvalue weighted by Gasteiger charge is -2.12. The second-order valence-corrected chi connectivity index (χ2v) is 10.1. The van der Waals surface area contributed by atoms with Crippen LogP contribution in [0.1, 0.15) is 28.3 Å². The lowest BCUT2D eigenvalue weighted by Crippen LogP contribution is -2.21. The molecule has 1 aliphatic rings. The van der Waals surface area contributed by atoms with E-state index in [-0.39, 0.29) is 5.56 Å². The lowest BCUT2D eigenvalue weighted by molar-refractivity contribution is 0.528. The molecule has 0 fully saturated rings. The number of aryl methyl sites for hydroxylation is 3. The van der Waals surface area contributed by atoms with Gasteiger partial charge in [0.2, 0.25) is 11.8 Å². The zero-order chi connectivity index (χ0) is 22.4. The van der Waals surface area contributed by atoms with E-state index in [9.17, 15) is 4.79 Å². The summed E-state index contributed by atoms with van der Waals surface area (Å²) in [5.41, 5.74) is 4.03. The van der Waals surface area contributed by atoms with Crippen molar-refractivity contribution >= 4 is 33.3 Å². The standard InChI is InChI=1S/C25H20N4O2S2/c1-15-10-12-17(13-11-15)29-24(30)21-18-8-5-9-19(18)33-23(21)26-25(29)32-14-20-27-28-22(31-20)16-6-3-2-4-7-16/h2-4,6-7,10-13H,5,8-9,14H2,1H3. The Bertz CT molecular complexity index is 1520. The van der Waals surface area contributed by atoms with Crippen LogP contribution in [0.25, 0.3) is 27.4 Å². The van der Waals surface area contributed by atoms with Gasteiger partial charge in [-0.3, -0.25) is 9.36 Å². The van der Waals surface area contributed by atoms with Crippen LogP contribution in [0.3, 0.4) is 0 Å². The maximum atomic E-state index is 13.7. The molecular weight excluding hydrogens is 452 g/mol. The predicted octanol–water partition coefficient (Wildman–Crippen LogP) is 5.59. The molecule has 0 spiro atoms. The van der Waals surface area contributed by atoms with Gasteiger partial charge in [-0.25, -0.2) is 4.98 Å². The van der Waals surface area contributed by atoms with E-state index in [2.05, 4.69) is 10.2 Å². The van der Waals surface area contributed by atoms with Crippen molar-refractivity contribution in [2.75, 3.05) is 0 Å². The summed E-state index contributed by atoms with van der Waals surface area (Å²) in [5.74, 6) is 1.41. The first-order chi connectivity index (χ1) is 16.2. The van der Waals surface area contributed by atoms with Crippen LogP contribution in [0.15, 0.2) is 69.0 Å². The van der Waals surface area contributed by atoms with Gasteiger partial charge in [0, 0.05) is 10.4 Å². The third kappa shape index (κ3) is 3.69. The summed E-state index contributed by atoms with van der Waals surface area (Å²) >= 11 is 3.09. The Morgan fingerprint density at radius 2 is 1.88 bits per heavy atom. The van der Waals surface area contributed by atoms with Crippen LogP contribution >= 0.6 is 23.1 Å². The largest absolute Gasteiger partial charge is 0.420 e. The first-order valence-corrected chi connectivity index (χ1v) is 12.6. The fraction of sp³-hybridized carbons (Fsp3) is 0.200. The summed E-state index contributed by atoms with van der Waals surface area (Å²) in [4.78, 5) is 20.8. The van der Waals surface area contributed by atoms with Crippen molar-refractivity contribution in [3.8, 4) is 17.1 Å². The average Bonchev–Trinajstić information content (AvgIpc) is 3.55. The maximum absolute atomic E-state index is 13.7. The van der Waals surface area contributed by atoms with Crippen molar-refractivity contribution in [1.29, 1.82) is 0 Å². The van der Waals surface area contributed by atoms with Crippen molar-refractivity contribution in [2.45, 2.75) is 37.1 Å². The molecule has 0 unspecified atom stereocenters. The van der Waals surface area contributed by atoms with Crippen LogP contribution < -0.4 is 5.56 Å². The topological polar surface area (TPSA) is 73.8 Å². The van der Waals surface area contributed by atoms with Crippen LogP contribution in [-0.4, -0.2) is 19.7 Å². The average molecular weight is 473 g/mol. The molecule has 1 aliphatic carbocycles. The van der Waals surface area contributed by atoms with Crippen LogP contribution in [0.4, 0.5) is 0 Å². The third-order valence-electron chi connectivity index (χ3n) is 5.81. The van der Waals surface area contributed by atoms with Crippen molar-refractivity contribution in [2.24, 2.45) is 0 Å². The van der Waals surface area contributed by atoms with Gasteiger partial charge in [0.1, 0.15) is 4.83 Å². The van der Waals surface area contributed by atoms with Gasteiger partial charge in [-0.1, -0.05) is 47.7 Å². The van der Waals surface area contributed by atoms with Crippen molar-refractivity contribution in [3.05, 3.63) is 86.8 Å². The summed E-state index contributed by atoms with van der Waals surface area (Å²) in [6, 6.07) is 17.7. The molecule has 3 aromatic heterocycles. The number of thioether (sulfide) groups is 1. The number of rotatable bonds is 5. The van der Waals surface area contributed by atoms with Crippen molar-refractivity contribution in [3.63, 3.8) is 0 Å². The Morgan fingerprint density at radius 3 is 2.70 bits per heavy atom. The SMILES string of the molecule is Cc1ccc(-n2c(SCc3nnc(-c4ccccc4)o3)nc3sc4c(c3c2=O)CCC4)cc1. The first-order valence-electron chi connectivity index (χ1n) is 10.8. The Balaban J connectivity index is 1.40. The molecule has 5 aromatic rings. The Kier molecular flexibility index (Phi) is 5.11. The molecule has 0 aliphatic heterocycles. The highest BCUT2D eigenvalue weighted by Crippen LogP contribution is 2.36. The highest BCUT2D eigenvalue weighted by molar-refractivity contribution is 7.98. The van der Waals surface area contributed by atoms with Gasteiger partial charge in [-0.15, -0.1) is 21.5 Å². The zero-order valence-corrected chi connectivity index (χ0v) is 19.6. The smallest absolute Gasteiger partial charge is 0.267 e. The summed E-state index contributed by atoms with van der Waals surface area (Å²) < 4.78 is 7.59. The molecule has 0 bridgehead atoms. The van der Waals surface area contributed by atoms with E-state index >= 15 is 0 Å². The highest BCUT2D eigenvalue weighted by atomic mass is 32.2. The lowest BCUT2D eigenvalue weighted by atomic mass is 10.2. The van der Waals surface area contributed by atoms with Crippen molar-refractivity contribution in [1.82, 2.24) is 19.7 Å². The van der Waals surface area contributed by atoms with E-state index in [0.29, 0.717) is 22.7 Å². The summed E-state index contributed by atoms with van der Waals surface area (Å²) in [7, 11) is 0. The van der Waals surface area contributed by atoms with Gasteiger partial charge >= 0.3 is 0 Å². The number of nitrogens with zero attached hydrogens (tertiary/aromatic N) is 4. The van der Waals surface area contributed by atoms with Crippen LogP contribution in [0, 0.1) is 6.92 Å². The number of hydrogen-bond acceptors (Lipinski definition) is 7. The fourth-order valence-electron chi connectivity index (χ4n) is 4.18. The normalized spacial score (nSPS) is 13.0. The molecule has 164 valence electrons. The molecule has 2 aromatic carbocycles. The molecule has 33 heavy (non-hydrogen) atoms. The van der Waals surface area contributed by atoms with Crippen molar-refractivity contribution < 1.29 is 4.42 Å². The third-order valence-corrected chi connectivity index (χ3v) is 7.92. The molecule has 8 heteroatoms. The summed E-state index contributed by atoms with van der Waals surface area (Å²) in [6.45, 7) is 2.04. The second kappa shape index (κ2) is 8.28. The van der Waals surface area contributed by atoms with E-state index in [1.54, 1.807) is 15.9 Å². The molecule has 3 heterocycles. The van der Waals surface area contributed by atoms with Gasteiger partial charge in [-0.2, -0.15) is 0 Å². The van der Waals surface area contributed by atoms with Gasteiger partial charge in [-0.05, 0) is 56.0 Å². The Morgan fingerprint density at radius 1 is 1.06 bits per heavy atom. The molecule has 0 atom stereocenters. The fourth-order valence-corrected chi connectivity index (χ4v) is 6.33. The minimum atomic E-state index is 0.00116. The quantitative estimate of drug-likeness (QED) is 0.245. The molecule has 6 rings (SSSR count). The van der Waals surface area contributed by atoms with Crippen LogP contribution in [0.2, 0.25) is 0 Å². The van der Waals surface area contributed by atoms with E-state index in [4.69, 9.17) is 9.40 Å². The highest BCUT2D eigenvalue weighted by Gasteiger charge is 2.24. The minimum Gasteiger partial charge on any atom is -0.420 e. The van der Waals surface area contributed by atoms with Gasteiger partial charge in [0.05, 0.1) is 16.8 Å². The summed E-state index contributed by atoms with van der Waals surface area (Å²) in [6.07, 6.45) is 3.10. The van der Waals surface area contributed by atoms with Gasteiger partial charge in [0.15, 0.2) is 5.16 Å². The molecular formula is C25H20N4O2S2. The van der Waals surface area contributed by atoms with Crippen LogP contribution in [0.5, 0.6) is 0 Å². The Hall–Kier alpha value is -3.23. The number of hydrogen-bond donors (Lipinski definition) is 0. The van der Waals surface area contributed by atoms with E-state index in [1.165, 1.54) is 22.2 Å². The molecule has 0 radical (unpaired) electrons. The zero-order valence-electron chi connectivity index (χ0n) is 17.9. The monoisotopic (exact) mass is 472 g/mol. The maximum Gasteiger partial charge on any atom is 0.267 e. The number of fused-ring (bicyclic) bond motifs is 3. The minimum absolute atomic E-state index is 0.00116. The van der Waals surface area contributed by atoms with E-state index in [1.807, 2.05) is 61.5 Å². The second-order valence-electron chi connectivity index (χ2n) is 8.06. The molecule has 0 saturated carbocycles. The van der Waals surface area contributed by atoms with E-state index in [0.717, 1.165) is 46.3 Å². The predicted molar refractivity (Wildman–Crippen MR) is 131 cm³/mol. The van der Waals surface area contributed by atoms with Crippen LogP contribution in [-0.2, 0) is 18.6 Å². The van der Waals surface area contributed by atoms with Gasteiger partial charge in [0.25, 0.3) is 5.56 Å². The molecule has 0 N–H and O–H groups in total. The molecule has 0 saturated heterocycles. The number of thiophene rings is 1. The van der Waals surface area contributed by atoms with E-state index < -0.39 is 0 Å². The number of aromatic nitrogens is 4. The number of benzene rings is 2. The molecule has 0 amide bonds. The van der Waals surface area contributed by atoms with Gasteiger partial charge < -0.3 is 4.42 Å². The molecule has 6 nitrogen and oxygen atoms in total. The summed E-state index contributed by atoms with van der Waals surface area (Å²) in [5, 5.41) is 9.78. The Labute approximate surface area is 198 Å².